The summed E-state index contributed by atoms with van der Waals surface area (Å²) in [6.45, 7) is 3.92. The van der Waals surface area contributed by atoms with E-state index in [1.54, 1.807) is 11.3 Å². The molecule has 11 heavy (non-hydrogen) atoms. The molecule has 0 radical (unpaired) electrons. The third kappa shape index (κ3) is 2.64. The van der Waals surface area contributed by atoms with Crippen LogP contribution in [0.2, 0.25) is 0 Å². The maximum Gasteiger partial charge on any atom is 0.0541 e. The van der Waals surface area contributed by atoms with Crippen molar-refractivity contribution in [2.45, 2.75) is 26.4 Å². The van der Waals surface area contributed by atoms with Gasteiger partial charge in [-0.1, -0.05) is 13.0 Å². The van der Waals surface area contributed by atoms with Crippen molar-refractivity contribution in [3.8, 4) is 0 Å². The van der Waals surface area contributed by atoms with Gasteiger partial charge in [-0.25, -0.2) is 0 Å². The molecule has 1 aromatic heterocycles. The van der Waals surface area contributed by atoms with E-state index in [4.69, 9.17) is 0 Å². The van der Waals surface area contributed by atoms with E-state index in [1.165, 1.54) is 4.88 Å². The zero-order chi connectivity index (χ0) is 8.27. The molecular weight excluding hydrogens is 156 g/mol. The van der Waals surface area contributed by atoms with Crippen LogP contribution in [0.25, 0.3) is 0 Å². The number of hydrogen-bond acceptors (Lipinski definition) is 2. The van der Waals surface area contributed by atoms with Gasteiger partial charge in [-0.3, -0.25) is 0 Å². The molecule has 1 heterocycles. The van der Waals surface area contributed by atoms with Gasteiger partial charge in [-0.2, -0.15) is 0 Å². The Kier molecular flexibility index (Phi) is 3.09. The van der Waals surface area contributed by atoms with Gasteiger partial charge in [-0.15, -0.1) is 11.3 Å². The summed E-state index contributed by atoms with van der Waals surface area (Å²) in [5.74, 6) is 0.369. The first-order valence-corrected chi connectivity index (χ1v) is 4.78. The van der Waals surface area contributed by atoms with E-state index < -0.39 is 0 Å². The van der Waals surface area contributed by atoms with Gasteiger partial charge in [0, 0.05) is 4.88 Å². The summed E-state index contributed by atoms with van der Waals surface area (Å²) in [6, 6.07) is 4.16. The highest BCUT2D eigenvalue weighted by atomic mass is 32.1. The standard InChI is InChI=1S/C9H14OS/c1-7(8(2)10)6-9-4-3-5-11-9/h3-5,7-8,10H,6H2,1-2H3. The van der Waals surface area contributed by atoms with Gasteiger partial charge in [0.15, 0.2) is 0 Å². The van der Waals surface area contributed by atoms with Crippen molar-refractivity contribution in [2.24, 2.45) is 5.92 Å². The van der Waals surface area contributed by atoms with E-state index in [9.17, 15) is 5.11 Å². The number of rotatable bonds is 3. The van der Waals surface area contributed by atoms with Crippen molar-refractivity contribution in [3.05, 3.63) is 22.4 Å². The smallest absolute Gasteiger partial charge is 0.0541 e. The second-order valence-electron chi connectivity index (χ2n) is 3.00. The first-order chi connectivity index (χ1) is 5.20. The predicted molar refractivity (Wildman–Crippen MR) is 48.9 cm³/mol. The van der Waals surface area contributed by atoms with Crippen molar-refractivity contribution in [2.75, 3.05) is 0 Å². The molecule has 62 valence electrons. The Balaban J connectivity index is 2.43. The lowest BCUT2D eigenvalue weighted by Gasteiger charge is -2.12. The van der Waals surface area contributed by atoms with Crippen LogP contribution in [0.4, 0.5) is 0 Å². The number of hydrogen-bond donors (Lipinski definition) is 1. The molecule has 1 aromatic rings. The van der Waals surface area contributed by atoms with E-state index in [2.05, 4.69) is 24.4 Å². The van der Waals surface area contributed by atoms with E-state index in [0.29, 0.717) is 5.92 Å². The number of aliphatic hydroxyl groups is 1. The van der Waals surface area contributed by atoms with Crippen molar-refractivity contribution >= 4 is 11.3 Å². The molecule has 0 aromatic carbocycles. The molecule has 0 spiro atoms. The van der Waals surface area contributed by atoms with E-state index in [0.717, 1.165) is 6.42 Å². The second-order valence-corrected chi connectivity index (χ2v) is 4.03. The monoisotopic (exact) mass is 170 g/mol. The highest BCUT2D eigenvalue weighted by molar-refractivity contribution is 7.09. The molecule has 0 aliphatic rings. The topological polar surface area (TPSA) is 20.2 Å². The maximum atomic E-state index is 9.22. The lowest BCUT2D eigenvalue weighted by Crippen LogP contribution is -2.14. The first-order valence-electron chi connectivity index (χ1n) is 3.90. The molecule has 1 N–H and O–H groups in total. The molecule has 2 heteroatoms. The highest BCUT2D eigenvalue weighted by Crippen LogP contribution is 2.16. The average molecular weight is 170 g/mol. The number of thiophene rings is 1. The van der Waals surface area contributed by atoms with E-state index >= 15 is 0 Å². The molecule has 0 bridgehead atoms. The molecular formula is C9H14OS. The van der Waals surface area contributed by atoms with Crippen molar-refractivity contribution in [1.82, 2.24) is 0 Å². The fraction of sp³-hybridized carbons (Fsp3) is 0.556. The molecule has 1 rings (SSSR count). The lowest BCUT2D eigenvalue weighted by molar-refractivity contribution is 0.135. The summed E-state index contributed by atoms with van der Waals surface area (Å²) in [7, 11) is 0. The largest absolute Gasteiger partial charge is 0.393 e. The minimum absolute atomic E-state index is 0.197. The van der Waals surface area contributed by atoms with Crippen LogP contribution in [0.1, 0.15) is 18.7 Å². The van der Waals surface area contributed by atoms with Gasteiger partial charge in [-0.05, 0) is 30.7 Å². The molecule has 2 atom stereocenters. The first kappa shape index (κ1) is 8.75. The van der Waals surface area contributed by atoms with Gasteiger partial charge in [0.05, 0.1) is 6.10 Å². The van der Waals surface area contributed by atoms with Crippen molar-refractivity contribution in [3.63, 3.8) is 0 Å². The molecule has 2 unspecified atom stereocenters. The third-order valence-electron chi connectivity index (χ3n) is 1.93. The van der Waals surface area contributed by atoms with Crippen LogP contribution in [-0.2, 0) is 6.42 Å². The summed E-state index contributed by atoms with van der Waals surface area (Å²) in [4.78, 5) is 1.36. The zero-order valence-corrected chi connectivity index (χ0v) is 7.77. The van der Waals surface area contributed by atoms with Crippen LogP contribution in [0.5, 0.6) is 0 Å². The molecule has 0 saturated heterocycles. The third-order valence-corrected chi connectivity index (χ3v) is 2.83. The summed E-state index contributed by atoms with van der Waals surface area (Å²) in [6.07, 6.45) is 0.798. The summed E-state index contributed by atoms with van der Waals surface area (Å²) < 4.78 is 0. The summed E-state index contributed by atoms with van der Waals surface area (Å²) in [5, 5.41) is 11.3. The Hall–Kier alpha value is -0.340. The molecule has 0 aliphatic carbocycles. The lowest BCUT2D eigenvalue weighted by atomic mass is 10.0. The molecule has 0 amide bonds. The predicted octanol–water partition coefficient (Wildman–Crippen LogP) is 2.31. The van der Waals surface area contributed by atoms with E-state index in [-0.39, 0.29) is 6.10 Å². The Morgan fingerprint density at radius 2 is 2.27 bits per heavy atom. The van der Waals surface area contributed by atoms with Gasteiger partial charge in [0.1, 0.15) is 0 Å². The molecule has 0 fully saturated rings. The molecule has 0 aliphatic heterocycles. The SMILES string of the molecule is CC(O)C(C)Cc1cccs1. The van der Waals surface area contributed by atoms with Crippen LogP contribution in [-0.4, -0.2) is 11.2 Å². The van der Waals surface area contributed by atoms with Crippen LogP contribution < -0.4 is 0 Å². The van der Waals surface area contributed by atoms with Gasteiger partial charge in [0.2, 0.25) is 0 Å². The van der Waals surface area contributed by atoms with Gasteiger partial charge >= 0.3 is 0 Å². The maximum absolute atomic E-state index is 9.22. The fourth-order valence-electron chi connectivity index (χ4n) is 0.917. The van der Waals surface area contributed by atoms with Crippen LogP contribution in [0, 0.1) is 5.92 Å². The Morgan fingerprint density at radius 1 is 1.55 bits per heavy atom. The quantitative estimate of drug-likeness (QED) is 0.738. The summed E-state index contributed by atoms with van der Waals surface area (Å²) >= 11 is 1.76. The minimum Gasteiger partial charge on any atom is -0.393 e. The van der Waals surface area contributed by atoms with Crippen molar-refractivity contribution in [1.29, 1.82) is 0 Å². The van der Waals surface area contributed by atoms with Gasteiger partial charge in [0.25, 0.3) is 0 Å². The normalized spacial score (nSPS) is 16.3. The van der Waals surface area contributed by atoms with Crippen LogP contribution in [0.15, 0.2) is 17.5 Å². The number of aliphatic hydroxyl groups excluding tert-OH is 1. The molecule has 0 saturated carbocycles. The van der Waals surface area contributed by atoms with Crippen LogP contribution >= 0.6 is 11.3 Å². The minimum atomic E-state index is -0.197. The Morgan fingerprint density at radius 3 is 2.73 bits per heavy atom. The molecule has 1 nitrogen and oxygen atoms in total. The van der Waals surface area contributed by atoms with Gasteiger partial charge < -0.3 is 5.11 Å². The fourth-order valence-corrected chi connectivity index (χ4v) is 1.76. The van der Waals surface area contributed by atoms with Crippen LogP contribution in [0.3, 0.4) is 0 Å². The second kappa shape index (κ2) is 3.88. The summed E-state index contributed by atoms with van der Waals surface area (Å²) in [5.41, 5.74) is 0. The Labute approximate surface area is 71.7 Å². The zero-order valence-electron chi connectivity index (χ0n) is 6.95. The highest BCUT2D eigenvalue weighted by Gasteiger charge is 2.09. The van der Waals surface area contributed by atoms with E-state index in [1.807, 2.05) is 6.92 Å². The Bertz CT molecular complexity index is 191. The average Bonchev–Trinajstić information content (AvgIpc) is 2.39. The van der Waals surface area contributed by atoms with Crippen molar-refractivity contribution < 1.29 is 5.11 Å².